The van der Waals surface area contributed by atoms with Gasteiger partial charge in [0.2, 0.25) is 5.91 Å². The highest BCUT2D eigenvalue weighted by Crippen LogP contribution is 2.26. The molecule has 0 fully saturated rings. The van der Waals surface area contributed by atoms with Crippen LogP contribution < -0.4 is 4.74 Å². The molecule has 0 atom stereocenters. The van der Waals surface area contributed by atoms with Crippen LogP contribution in [0, 0.1) is 0 Å². The van der Waals surface area contributed by atoms with Crippen LogP contribution >= 0.6 is 11.6 Å². The molecule has 3 rings (SSSR count). The minimum absolute atomic E-state index is 0.0310. The van der Waals surface area contributed by atoms with Crippen LogP contribution in [-0.2, 0) is 17.8 Å². The van der Waals surface area contributed by atoms with Crippen LogP contribution in [0.25, 0.3) is 11.0 Å². The molecule has 124 valence electrons. The number of nitrogens with zero attached hydrogens (tertiary/aromatic N) is 1. The molecule has 0 aliphatic rings. The fourth-order valence-electron chi connectivity index (χ4n) is 2.58. The van der Waals surface area contributed by atoms with Gasteiger partial charge in [0.15, 0.2) is 0 Å². The summed E-state index contributed by atoms with van der Waals surface area (Å²) in [4.78, 5) is 14.2. The number of likely N-dealkylation sites (N-methyl/N-ethyl adjacent to an activating group) is 1. The predicted molar refractivity (Wildman–Crippen MR) is 94.4 cm³/mol. The number of halogens is 1. The standard InChI is InChI=1S/C19H18ClNO3/c1-21(11-13-3-5-15(20)6-4-13)19(22)9-14-12-24-18-10-16(23-2)7-8-17(14)18/h3-8,10,12H,9,11H2,1-2H3. The third-order valence-electron chi connectivity index (χ3n) is 3.96. The number of fused-ring (bicyclic) bond motifs is 1. The molecule has 0 spiro atoms. The zero-order valence-electron chi connectivity index (χ0n) is 13.6. The third kappa shape index (κ3) is 3.54. The van der Waals surface area contributed by atoms with Gasteiger partial charge in [0.1, 0.15) is 11.3 Å². The van der Waals surface area contributed by atoms with Gasteiger partial charge in [-0.25, -0.2) is 0 Å². The largest absolute Gasteiger partial charge is 0.497 e. The molecule has 0 radical (unpaired) electrons. The van der Waals surface area contributed by atoms with Crippen LogP contribution in [0.5, 0.6) is 5.75 Å². The van der Waals surface area contributed by atoms with Crippen molar-refractivity contribution in [1.29, 1.82) is 0 Å². The summed E-state index contributed by atoms with van der Waals surface area (Å²) < 4.78 is 10.7. The summed E-state index contributed by atoms with van der Waals surface area (Å²) in [5, 5.41) is 1.62. The number of ether oxygens (including phenoxy) is 1. The van der Waals surface area contributed by atoms with Gasteiger partial charge in [0.05, 0.1) is 19.8 Å². The second kappa shape index (κ2) is 6.97. The van der Waals surface area contributed by atoms with Crippen molar-refractivity contribution in [2.24, 2.45) is 0 Å². The van der Waals surface area contributed by atoms with Crippen molar-refractivity contribution in [1.82, 2.24) is 4.90 Å². The molecule has 1 amide bonds. The Morgan fingerprint density at radius 2 is 1.96 bits per heavy atom. The molecule has 0 aliphatic carbocycles. The van der Waals surface area contributed by atoms with Crippen molar-refractivity contribution >= 4 is 28.5 Å². The van der Waals surface area contributed by atoms with Crippen LogP contribution in [0.2, 0.25) is 5.02 Å². The van der Waals surface area contributed by atoms with Crippen molar-refractivity contribution in [2.45, 2.75) is 13.0 Å². The molecule has 2 aromatic carbocycles. The number of benzene rings is 2. The summed E-state index contributed by atoms with van der Waals surface area (Å²) >= 11 is 5.88. The highest BCUT2D eigenvalue weighted by Gasteiger charge is 2.14. The summed E-state index contributed by atoms with van der Waals surface area (Å²) in [6.45, 7) is 0.541. The molecule has 5 heteroatoms. The number of amides is 1. The number of carbonyl (C=O) groups is 1. The fraction of sp³-hybridized carbons (Fsp3) is 0.211. The molecule has 3 aromatic rings. The summed E-state index contributed by atoms with van der Waals surface area (Å²) in [5.41, 5.74) is 2.63. The Labute approximate surface area is 145 Å². The molecule has 1 heterocycles. The monoisotopic (exact) mass is 343 g/mol. The van der Waals surface area contributed by atoms with E-state index in [1.165, 1.54) is 0 Å². The van der Waals surface area contributed by atoms with Gasteiger partial charge in [0.25, 0.3) is 0 Å². The first-order chi connectivity index (χ1) is 11.6. The Morgan fingerprint density at radius 3 is 2.67 bits per heavy atom. The number of hydrogen-bond donors (Lipinski definition) is 0. The maximum Gasteiger partial charge on any atom is 0.227 e. The number of methoxy groups -OCH3 is 1. The van der Waals surface area contributed by atoms with Crippen molar-refractivity contribution in [3.63, 3.8) is 0 Å². The topological polar surface area (TPSA) is 42.7 Å². The lowest BCUT2D eigenvalue weighted by Crippen LogP contribution is -2.27. The molecule has 1 aromatic heterocycles. The Hall–Kier alpha value is -2.46. The van der Waals surface area contributed by atoms with E-state index in [2.05, 4.69) is 0 Å². The minimum Gasteiger partial charge on any atom is -0.497 e. The van der Waals surface area contributed by atoms with E-state index < -0.39 is 0 Å². The molecule has 0 N–H and O–H groups in total. The van der Waals surface area contributed by atoms with Gasteiger partial charge in [-0.15, -0.1) is 0 Å². The quantitative estimate of drug-likeness (QED) is 0.693. The van der Waals surface area contributed by atoms with Gasteiger partial charge in [-0.05, 0) is 29.8 Å². The highest BCUT2D eigenvalue weighted by molar-refractivity contribution is 6.30. The van der Waals surface area contributed by atoms with Crippen LogP contribution in [0.1, 0.15) is 11.1 Å². The first kappa shape index (κ1) is 16.4. The second-order valence-corrected chi connectivity index (χ2v) is 6.11. The van der Waals surface area contributed by atoms with Crippen molar-refractivity contribution in [2.75, 3.05) is 14.2 Å². The molecule has 0 bridgehead atoms. The van der Waals surface area contributed by atoms with Crippen LogP contribution in [0.4, 0.5) is 0 Å². The molecular formula is C19H18ClNO3. The smallest absolute Gasteiger partial charge is 0.227 e. The zero-order valence-corrected chi connectivity index (χ0v) is 14.3. The molecule has 24 heavy (non-hydrogen) atoms. The summed E-state index contributed by atoms with van der Waals surface area (Å²) in [7, 11) is 3.41. The van der Waals surface area contributed by atoms with E-state index in [4.69, 9.17) is 20.8 Å². The number of rotatable bonds is 5. The molecular weight excluding hydrogens is 326 g/mol. The molecule has 0 saturated carbocycles. The van der Waals surface area contributed by atoms with Gasteiger partial charge in [-0.1, -0.05) is 23.7 Å². The van der Waals surface area contributed by atoms with E-state index in [1.807, 2.05) is 42.5 Å². The molecule has 4 nitrogen and oxygen atoms in total. The lowest BCUT2D eigenvalue weighted by Gasteiger charge is -2.17. The molecule has 0 unspecified atom stereocenters. The van der Waals surface area contributed by atoms with E-state index in [0.29, 0.717) is 18.0 Å². The Bertz CT molecular complexity index is 855. The summed E-state index contributed by atoms with van der Waals surface area (Å²) in [6.07, 6.45) is 1.93. The normalized spacial score (nSPS) is 10.8. The lowest BCUT2D eigenvalue weighted by molar-refractivity contribution is -0.129. The maximum atomic E-state index is 12.5. The Kier molecular flexibility index (Phi) is 4.76. The highest BCUT2D eigenvalue weighted by atomic mass is 35.5. The summed E-state index contributed by atoms with van der Waals surface area (Å²) in [6, 6.07) is 13.1. The average Bonchev–Trinajstić information content (AvgIpc) is 2.98. The van der Waals surface area contributed by atoms with Crippen molar-refractivity contribution in [3.8, 4) is 5.75 Å². The number of hydrogen-bond acceptors (Lipinski definition) is 3. The zero-order chi connectivity index (χ0) is 17.1. The van der Waals surface area contributed by atoms with Gasteiger partial charge in [-0.2, -0.15) is 0 Å². The van der Waals surface area contributed by atoms with E-state index in [9.17, 15) is 4.79 Å². The number of furan rings is 1. The van der Waals surface area contributed by atoms with Crippen molar-refractivity contribution in [3.05, 3.63) is 64.9 Å². The first-order valence-electron chi connectivity index (χ1n) is 7.59. The van der Waals surface area contributed by atoms with Gasteiger partial charge >= 0.3 is 0 Å². The first-order valence-corrected chi connectivity index (χ1v) is 7.97. The minimum atomic E-state index is 0.0310. The van der Waals surface area contributed by atoms with Gasteiger partial charge in [-0.3, -0.25) is 4.79 Å². The third-order valence-corrected chi connectivity index (χ3v) is 4.22. The van der Waals surface area contributed by atoms with Crippen LogP contribution in [0.3, 0.4) is 0 Å². The van der Waals surface area contributed by atoms with E-state index in [1.54, 1.807) is 25.3 Å². The SMILES string of the molecule is COc1ccc2c(CC(=O)N(C)Cc3ccc(Cl)cc3)coc2c1. The van der Waals surface area contributed by atoms with Gasteiger partial charge in [0, 0.05) is 35.6 Å². The van der Waals surface area contributed by atoms with Crippen LogP contribution in [-0.4, -0.2) is 25.0 Å². The average molecular weight is 344 g/mol. The predicted octanol–water partition coefficient (Wildman–Crippen LogP) is 4.30. The Morgan fingerprint density at radius 1 is 1.21 bits per heavy atom. The van der Waals surface area contributed by atoms with Crippen LogP contribution in [0.15, 0.2) is 53.1 Å². The molecule has 0 saturated heterocycles. The number of carbonyl (C=O) groups excluding carboxylic acids is 1. The maximum absolute atomic E-state index is 12.5. The van der Waals surface area contributed by atoms with E-state index in [0.717, 1.165) is 27.8 Å². The van der Waals surface area contributed by atoms with Gasteiger partial charge < -0.3 is 14.1 Å². The van der Waals surface area contributed by atoms with Crippen molar-refractivity contribution < 1.29 is 13.9 Å². The molecule has 0 aliphatic heterocycles. The van der Waals surface area contributed by atoms with E-state index in [-0.39, 0.29) is 5.91 Å². The van der Waals surface area contributed by atoms with E-state index >= 15 is 0 Å². The fourth-order valence-corrected chi connectivity index (χ4v) is 2.70. The Balaban J connectivity index is 1.71. The second-order valence-electron chi connectivity index (χ2n) is 5.68. The lowest BCUT2D eigenvalue weighted by atomic mass is 10.1. The summed E-state index contributed by atoms with van der Waals surface area (Å²) in [5.74, 6) is 0.762.